The van der Waals surface area contributed by atoms with Gasteiger partial charge in [-0.1, -0.05) is 12.1 Å². The molecule has 0 amide bonds. The maximum Gasteiger partial charge on any atom is 0.359 e. The number of benzene rings is 1. The summed E-state index contributed by atoms with van der Waals surface area (Å²) in [5, 5.41) is 36.0. The third-order valence-corrected chi connectivity index (χ3v) is 7.87. The van der Waals surface area contributed by atoms with E-state index in [1.807, 2.05) is 6.92 Å². The summed E-state index contributed by atoms with van der Waals surface area (Å²) in [7, 11) is -4.87. The summed E-state index contributed by atoms with van der Waals surface area (Å²) < 4.78 is 37.1. The molecule has 6 atom stereocenters. The largest absolute Gasteiger partial charge is 0.393 e. The lowest BCUT2D eigenvalue weighted by molar-refractivity contribution is -0.104. The molecule has 1 fully saturated rings. The fourth-order valence-corrected chi connectivity index (χ4v) is 4.38. The number of aliphatic hydroxyl groups is 3. The molecule has 0 unspecified atom stereocenters. The van der Waals surface area contributed by atoms with Gasteiger partial charge in [-0.05, 0) is 43.1 Å². The van der Waals surface area contributed by atoms with Gasteiger partial charge < -0.3 is 39.9 Å². The Morgan fingerprint density at radius 2 is 1.95 bits per heavy atom. The number of halogens is 2. The molecule has 0 saturated carbocycles. The second kappa shape index (κ2) is 10.5. The summed E-state index contributed by atoms with van der Waals surface area (Å²) in [6, 6.07) is 5.61. The van der Waals surface area contributed by atoms with Crippen LogP contribution in [0.15, 0.2) is 30.5 Å². The Morgan fingerprint density at radius 3 is 2.57 bits per heavy atom. The number of ether oxygens (including phenoxy) is 2. The summed E-state index contributed by atoms with van der Waals surface area (Å²) in [5.74, 6) is -0.0558. The smallest absolute Gasteiger partial charge is 0.359 e. The zero-order chi connectivity index (χ0) is 27.1. The summed E-state index contributed by atoms with van der Waals surface area (Å²) in [5.41, 5.74) is 0.949. The Kier molecular flexibility index (Phi) is 7.87. The Morgan fingerprint density at radius 1 is 1.27 bits per heavy atom. The van der Waals surface area contributed by atoms with Crippen LogP contribution in [0.1, 0.15) is 31.7 Å². The number of fused-ring (bicyclic) bond motifs is 1. The highest BCUT2D eigenvalue weighted by Gasteiger charge is 2.48. The highest BCUT2D eigenvalue weighted by atomic mass is 35.5. The fraction of sp³-hybridized carbons (Fsp3) is 0.476. The van der Waals surface area contributed by atoms with Crippen molar-refractivity contribution < 1.29 is 43.5 Å². The van der Waals surface area contributed by atoms with Crippen LogP contribution in [-0.4, -0.2) is 81.7 Å². The topological polar surface area (TPSA) is 192 Å². The molecular weight excluding hydrogens is 536 g/mol. The molecular formula is C21H26ClFN5O8P. The standard InChI is InChI=1S/C21H26ClFN5O8P/c1-10(11-3-5-12(23)6-4-11)25-17-13-7-24-28(18(13)27-20(22)26-17)19-16(31)15(30)14(36-19)8-35-21(2,9-29)37(32,33)34/h3-7,10,14-16,19,29-31H,8-9H2,1-2H3,(H,25,26,27)(H2,32,33,34)/t10-,14+,15+,16+,19+,21+/m0/s1. The molecule has 0 bridgehead atoms. The van der Waals surface area contributed by atoms with Crippen LogP contribution >= 0.6 is 19.2 Å². The van der Waals surface area contributed by atoms with Crippen LogP contribution < -0.4 is 5.32 Å². The average molecular weight is 562 g/mol. The molecule has 4 rings (SSSR count). The van der Waals surface area contributed by atoms with E-state index in [4.69, 9.17) is 21.1 Å². The van der Waals surface area contributed by atoms with E-state index >= 15 is 0 Å². The molecule has 6 N–H and O–H groups in total. The van der Waals surface area contributed by atoms with E-state index in [9.17, 15) is 34.1 Å². The van der Waals surface area contributed by atoms with Gasteiger partial charge in [-0.15, -0.1) is 0 Å². The van der Waals surface area contributed by atoms with Gasteiger partial charge in [0, 0.05) is 6.04 Å². The van der Waals surface area contributed by atoms with Gasteiger partial charge in [-0.25, -0.2) is 9.07 Å². The Hall–Kier alpha value is -2.26. The summed E-state index contributed by atoms with van der Waals surface area (Å²) in [4.78, 5) is 27.3. The van der Waals surface area contributed by atoms with Crippen LogP contribution in [-0.2, 0) is 14.0 Å². The maximum absolute atomic E-state index is 13.3. The minimum absolute atomic E-state index is 0.142. The van der Waals surface area contributed by atoms with Crippen LogP contribution in [0, 0.1) is 5.82 Å². The molecule has 202 valence electrons. The van der Waals surface area contributed by atoms with Gasteiger partial charge in [0.1, 0.15) is 29.9 Å². The number of anilines is 1. The number of nitrogens with zero attached hydrogens (tertiary/aromatic N) is 4. The second-order valence-electron chi connectivity index (χ2n) is 8.82. The van der Waals surface area contributed by atoms with Crippen molar-refractivity contribution >= 4 is 36.0 Å². The van der Waals surface area contributed by atoms with Gasteiger partial charge in [-0.3, -0.25) is 4.57 Å². The Bertz CT molecular complexity index is 1310. The molecule has 0 spiro atoms. The van der Waals surface area contributed by atoms with E-state index in [1.165, 1.54) is 23.0 Å². The molecule has 0 aliphatic carbocycles. The molecule has 3 heterocycles. The third kappa shape index (κ3) is 5.48. The second-order valence-corrected chi connectivity index (χ2v) is 11.2. The van der Waals surface area contributed by atoms with Gasteiger partial charge >= 0.3 is 7.60 Å². The molecule has 16 heteroatoms. The quantitative estimate of drug-likeness (QED) is 0.162. The molecule has 1 aliphatic rings. The number of rotatable bonds is 9. The summed E-state index contributed by atoms with van der Waals surface area (Å²) in [6.07, 6.45) is -4.10. The van der Waals surface area contributed by atoms with Crippen molar-refractivity contribution in [3.8, 4) is 0 Å². The zero-order valence-electron chi connectivity index (χ0n) is 19.6. The van der Waals surface area contributed by atoms with E-state index < -0.39 is 50.7 Å². The van der Waals surface area contributed by atoms with Crippen molar-refractivity contribution in [2.24, 2.45) is 0 Å². The minimum Gasteiger partial charge on any atom is -0.393 e. The van der Waals surface area contributed by atoms with Crippen LogP contribution in [0.2, 0.25) is 5.28 Å². The van der Waals surface area contributed by atoms with E-state index in [0.717, 1.165) is 12.5 Å². The van der Waals surface area contributed by atoms with Crippen molar-refractivity contribution in [3.63, 3.8) is 0 Å². The van der Waals surface area contributed by atoms with E-state index in [0.29, 0.717) is 11.2 Å². The van der Waals surface area contributed by atoms with E-state index in [2.05, 4.69) is 20.4 Å². The normalized spacial score (nSPS) is 24.8. The fourth-order valence-electron chi connectivity index (χ4n) is 3.79. The minimum atomic E-state index is -4.87. The monoisotopic (exact) mass is 561 g/mol. The van der Waals surface area contributed by atoms with Gasteiger partial charge in [0.25, 0.3) is 0 Å². The van der Waals surface area contributed by atoms with Crippen LogP contribution in [0.5, 0.6) is 0 Å². The highest BCUT2D eigenvalue weighted by molar-refractivity contribution is 7.53. The first kappa shape index (κ1) is 27.8. The number of aliphatic hydroxyl groups excluding tert-OH is 3. The average Bonchev–Trinajstić information content (AvgIpc) is 3.38. The van der Waals surface area contributed by atoms with Crippen LogP contribution in [0.4, 0.5) is 10.2 Å². The molecule has 1 aromatic carbocycles. The molecule has 0 radical (unpaired) electrons. The lowest BCUT2D eigenvalue weighted by Crippen LogP contribution is -2.39. The lowest BCUT2D eigenvalue weighted by atomic mass is 10.1. The lowest BCUT2D eigenvalue weighted by Gasteiger charge is -2.29. The SMILES string of the molecule is C[C@H](Nc1nc(Cl)nc2c1cnn2[C@@H]1O[C@H](CO[C@@](C)(CO)P(=O)(O)O)[C@@H](O)[C@H]1O)c1ccc(F)cc1. The van der Waals surface area contributed by atoms with Crippen LogP contribution in [0.25, 0.3) is 11.0 Å². The van der Waals surface area contributed by atoms with Crippen molar-refractivity contribution in [1.82, 2.24) is 19.7 Å². The van der Waals surface area contributed by atoms with E-state index in [-0.39, 0.29) is 22.8 Å². The first-order valence-electron chi connectivity index (χ1n) is 11.1. The van der Waals surface area contributed by atoms with E-state index in [1.54, 1.807) is 12.1 Å². The molecule has 13 nitrogen and oxygen atoms in total. The first-order chi connectivity index (χ1) is 17.3. The number of aromatic nitrogens is 4. The first-order valence-corrected chi connectivity index (χ1v) is 13.1. The Labute approximate surface area is 215 Å². The molecule has 1 saturated heterocycles. The highest BCUT2D eigenvalue weighted by Crippen LogP contribution is 2.51. The maximum atomic E-state index is 13.3. The van der Waals surface area contributed by atoms with Crippen molar-refractivity contribution in [1.29, 1.82) is 0 Å². The molecule has 2 aromatic heterocycles. The summed E-state index contributed by atoms with van der Waals surface area (Å²) in [6.45, 7) is 1.32. The molecule has 37 heavy (non-hydrogen) atoms. The predicted octanol–water partition coefficient (Wildman–Crippen LogP) is 1.31. The predicted molar refractivity (Wildman–Crippen MR) is 128 cm³/mol. The molecule has 3 aromatic rings. The number of hydrogen-bond acceptors (Lipinski definition) is 10. The van der Waals surface area contributed by atoms with Gasteiger partial charge in [0.15, 0.2) is 17.2 Å². The number of hydrogen-bond donors (Lipinski definition) is 6. The van der Waals surface area contributed by atoms with Gasteiger partial charge in [0.2, 0.25) is 5.28 Å². The summed E-state index contributed by atoms with van der Waals surface area (Å²) >= 11 is 6.14. The zero-order valence-corrected chi connectivity index (χ0v) is 21.3. The van der Waals surface area contributed by atoms with Crippen molar-refractivity contribution in [2.75, 3.05) is 18.5 Å². The van der Waals surface area contributed by atoms with Gasteiger partial charge in [-0.2, -0.15) is 15.1 Å². The third-order valence-electron chi connectivity index (χ3n) is 6.20. The number of nitrogens with one attached hydrogen (secondary N) is 1. The van der Waals surface area contributed by atoms with Crippen molar-refractivity contribution in [3.05, 3.63) is 47.1 Å². The molecule has 1 aliphatic heterocycles. The van der Waals surface area contributed by atoms with Gasteiger partial charge in [0.05, 0.1) is 24.8 Å². The Balaban J connectivity index is 1.57. The van der Waals surface area contributed by atoms with Crippen molar-refractivity contribution in [2.45, 2.75) is 49.8 Å². The van der Waals surface area contributed by atoms with Crippen LogP contribution in [0.3, 0.4) is 0 Å².